The van der Waals surface area contributed by atoms with Crippen molar-refractivity contribution < 1.29 is 9.57 Å². The van der Waals surface area contributed by atoms with Gasteiger partial charge < -0.3 is 9.57 Å². The highest BCUT2D eigenvalue weighted by molar-refractivity contribution is 5.02. The summed E-state index contributed by atoms with van der Waals surface area (Å²) in [5.41, 5.74) is 7.81. The smallest absolute Gasteiger partial charge is 0.330 e. The number of hydrogen-bond acceptors (Lipinski definition) is 5. The van der Waals surface area contributed by atoms with Crippen LogP contribution in [0.1, 0.15) is 38.0 Å². The van der Waals surface area contributed by atoms with Crippen LogP contribution in [0.25, 0.3) is 10.4 Å². The summed E-state index contributed by atoms with van der Waals surface area (Å²) in [6, 6.07) is 0. The van der Waals surface area contributed by atoms with Gasteiger partial charge in [0.05, 0.1) is 6.10 Å². The van der Waals surface area contributed by atoms with Crippen LogP contribution in [-0.2, 0) is 9.57 Å². The molecule has 1 saturated heterocycles. The lowest BCUT2D eigenvalue weighted by molar-refractivity contribution is -0.0433. The van der Waals surface area contributed by atoms with Gasteiger partial charge in [-0.15, -0.1) is 0 Å². The Morgan fingerprint density at radius 3 is 3.05 bits per heavy atom. The number of H-pyrrole nitrogens is 1. The maximum absolute atomic E-state index is 11.9. The Morgan fingerprint density at radius 1 is 1.62 bits per heavy atom. The van der Waals surface area contributed by atoms with Crippen LogP contribution in [0, 0.1) is 6.92 Å². The molecule has 2 rings (SSSR count). The molecule has 1 unspecified atom stereocenters. The highest BCUT2D eigenvalue weighted by atomic mass is 16.7. The Labute approximate surface area is 120 Å². The van der Waals surface area contributed by atoms with Crippen LogP contribution in [0.2, 0.25) is 0 Å². The van der Waals surface area contributed by atoms with Crippen LogP contribution in [0.3, 0.4) is 0 Å². The standard InChI is InChI=1S/C12H17N5O4/c1-3-4-8-9(21-16-15-13)5-10(20-8)17-6-7(2)11(18)14-12(17)19/h6,8-10H,3-5H2,1-2H3,(H,14,18,19)/t8-,9?,10-/m1/s1. The predicted octanol–water partition coefficient (Wildman–Crippen LogP) is 1.54. The number of hydrogen-bond donors (Lipinski definition) is 1. The Bertz CT molecular complexity index is 660. The van der Waals surface area contributed by atoms with Crippen LogP contribution >= 0.6 is 0 Å². The number of aryl methyl sites for hydroxylation is 1. The van der Waals surface area contributed by atoms with Crippen LogP contribution < -0.4 is 11.2 Å². The summed E-state index contributed by atoms with van der Waals surface area (Å²) in [5, 5.41) is 3.12. The lowest BCUT2D eigenvalue weighted by Gasteiger charge is -2.16. The first-order valence-corrected chi connectivity index (χ1v) is 6.74. The third kappa shape index (κ3) is 3.26. The molecule has 1 aromatic rings. The molecule has 1 aliphatic rings. The van der Waals surface area contributed by atoms with Crippen LogP contribution in [0.4, 0.5) is 0 Å². The summed E-state index contributed by atoms with van der Waals surface area (Å²) in [4.78, 5) is 33.1. The van der Waals surface area contributed by atoms with E-state index in [1.807, 2.05) is 6.92 Å². The molecule has 21 heavy (non-hydrogen) atoms. The van der Waals surface area contributed by atoms with Crippen LogP contribution in [-0.4, -0.2) is 21.8 Å². The molecule has 2 heterocycles. The first kappa shape index (κ1) is 15.1. The lowest BCUT2D eigenvalue weighted by Crippen LogP contribution is -2.33. The van der Waals surface area contributed by atoms with E-state index in [0.717, 1.165) is 12.8 Å². The van der Waals surface area contributed by atoms with Crippen LogP contribution in [0.5, 0.6) is 0 Å². The Kier molecular flexibility index (Phi) is 4.66. The highest BCUT2D eigenvalue weighted by Gasteiger charge is 2.37. The molecule has 1 fully saturated rings. The molecule has 3 atom stereocenters. The second-order valence-electron chi connectivity index (χ2n) is 4.95. The topological polar surface area (TPSA) is 122 Å². The summed E-state index contributed by atoms with van der Waals surface area (Å²) < 4.78 is 7.14. The second-order valence-corrected chi connectivity index (χ2v) is 4.95. The van der Waals surface area contributed by atoms with Crippen molar-refractivity contribution >= 4 is 0 Å². The minimum absolute atomic E-state index is 0.260. The number of azide groups is 1. The van der Waals surface area contributed by atoms with Gasteiger partial charge in [-0.05, 0) is 18.9 Å². The Hall–Kier alpha value is -2.25. The summed E-state index contributed by atoms with van der Waals surface area (Å²) in [6.45, 7) is 3.61. The third-order valence-corrected chi connectivity index (χ3v) is 3.43. The maximum Gasteiger partial charge on any atom is 0.330 e. The van der Waals surface area contributed by atoms with Gasteiger partial charge in [0, 0.05) is 23.1 Å². The third-order valence-electron chi connectivity index (χ3n) is 3.43. The summed E-state index contributed by atoms with van der Waals surface area (Å²) in [7, 11) is 0. The molecular weight excluding hydrogens is 278 g/mol. The average molecular weight is 295 g/mol. The Morgan fingerprint density at radius 2 is 2.38 bits per heavy atom. The second kappa shape index (κ2) is 6.47. The zero-order chi connectivity index (χ0) is 15.4. The predicted molar refractivity (Wildman–Crippen MR) is 73.5 cm³/mol. The van der Waals surface area contributed by atoms with Gasteiger partial charge in [0.15, 0.2) is 0 Å². The molecule has 0 bridgehead atoms. The summed E-state index contributed by atoms with van der Waals surface area (Å²) in [6.07, 6.45) is 2.20. The van der Waals surface area contributed by atoms with Crippen molar-refractivity contribution in [1.82, 2.24) is 9.55 Å². The summed E-state index contributed by atoms with van der Waals surface area (Å²) in [5.74, 6) is 0. The van der Waals surface area contributed by atoms with Crippen molar-refractivity contribution in [3.63, 3.8) is 0 Å². The van der Waals surface area contributed by atoms with Gasteiger partial charge in [-0.25, -0.2) is 4.79 Å². The van der Waals surface area contributed by atoms with E-state index >= 15 is 0 Å². The maximum atomic E-state index is 11.9. The van der Waals surface area contributed by atoms with Crippen molar-refractivity contribution in [3.05, 3.63) is 43.0 Å². The van der Waals surface area contributed by atoms with Gasteiger partial charge in [-0.1, -0.05) is 13.3 Å². The molecule has 0 amide bonds. The number of aromatic amines is 1. The fraction of sp³-hybridized carbons (Fsp3) is 0.667. The monoisotopic (exact) mass is 295 g/mol. The molecule has 0 aromatic carbocycles. The van der Waals surface area contributed by atoms with E-state index in [1.54, 1.807) is 6.92 Å². The van der Waals surface area contributed by atoms with E-state index in [9.17, 15) is 9.59 Å². The van der Waals surface area contributed by atoms with E-state index < -0.39 is 23.6 Å². The average Bonchev–Trinajstić information content (AvgIpc) is 2.84. The van der Waals surface area contributed by atoms with Crippen molar-refractivity contribution in [2.45, 2.75) is 51.5 Å². The molecule has 1 aromatic heterocycles. The molecule has 1 aliphatic heterocycles. The van der Waals surface area contributed by atoms with Gasteiger partial charge in [-0.2, -0.15) is 0 Å². The fourth-order valence-corrected chi connectivity index (χ4v) is 2.41. The van der Waals surface area contributed by atoms with Gasteiger partial charge >= 0.3 is 5.69 Å². The first-order valence-electron chi connectivity index (χ1n) is 6.74. The summed E-state index contributed by atoms with van der Waals surface area (Å²) >= 11 is 0. The Balaban J connectivity index is 2.25. The number of aromatic nitrogens is 2. The van der Waals surface area contributed by atoms with E-state index in [-0.39, 0.29) is 6.10 Å². The number of nitrogens with one attached hydrogen (secondary N) is 1. The molecule has 0 saturated carbocycles. The van der Waals surface area contributed by atoms with Crippen molar-refractivity contribution in [1.29, 1.82) is 0 Å². The quantitative estimate of drug-likeness (QED) is 0.383. The van der Waals surface area contributed by atoms with Crippen molar-refractivity contribution in [3.8, 4) is 0 Å². The van der Waals surface area contributed by atoms with E-state index in [0.29, 0.717) is 12.0 Å². The normalized spacial score (nSPS) is 24.6. The lowest BCUT2D eigenvalue weighted by atomic mass is 10.1. The first-order chi connectivity index (χ1) is 10.1. The molecule has 0 aliphatic carbocycles. The van der Waals surface area contributed by atoms with Crippen LogP contribution in [0.15, 0.2) is 21.1 Å². The molecule has 9 nitrogen and oxygen atoms in total. The zero-order valence-electron chi connectivity index (χ0n) is 11.9. The molecule has 0 radical (unpaired) electrons. The van der Waals surface area contributed by atoms with E-state index in [1.165, 1.54) is 10.8 Å². The number of nitrogens with zero attached hydrogens (tertiary/aromatic N) is 4. The minimum atomic E-state index is -0.552. The molecule has 9 heteroatoms. The molecule has 114 valence electrons. The molecule has 0 spiro atoms. The molecular formula is C12H17N5O4. The highest BCUT2D eigenvalue weighted by Crippen LogP contribution is 2.32. The van der Waals surface area contributed by atoms with Gasteiger partial charge in [0.1, 0.15) is 17.6 Å². The fourth-order valence-electron chi connectivity index (χ4n) is 2.41. The SMILES string of the molecule is CCC[C@H]1O[C@@H](n2cc(C)c(=O)[nH]c2=O)CC1ON=[N+]=[N-]. The number of rotatable bonds is 5. The number of ether oxygens (including phenoxy) is 1. The largest absolute Gasteiger partial charge is 0.427 e. The van der Waals surface area contributed by atoms with E-state index in [4.69, 9.17) is 15.1 Å². The minimum Gasteiger partial charge on any atom is -0.427 e. The van der Waals surface area contributed by atoms with Gasteiger partial charge in [0.2, 0.25) is 0 Å². The van der Waals surface area contributed by atoms with Crippen molar-refractivity contribution in [2.24, 2.45) is 5.28 Å². The van der Waals surface area contributed by atoms with E-state index in [2.05, 4.69) is 15.2 Å². The molecule has 1 N–H and O–H groups in total. The van der Waals surface area contributed by atoms with Gasteiger partial charge in [0.25, 0.3) is 5.56 Å². The zero-order valence-corrected chi connectivity index (χ0v) is 11.9. The van der Waals surface area contributed by atoms with Gasteiger partial charge in [-0.3, -0.25) is 14.3 Å². The van der Waals surface area contributed by atoms with Crippen molar-refractivity contribution in [2.75, 3.05) is 0 Å².